The van der Waals surface area contributed by atoms with E-state index in [0.717, 1.165) is 5.69 Å². The molecule has 0 aliphatic heterocycles. The van der Waals surface area contributed by atoms with Crippen LogP contribution in [0.3, 0.4) is 0 Å². The van der Waals surface area contributed by atoms with E-state index in [4.69, 9.17) is 0 Å². The maximum Gasteiger partial charge on any atom is 0.303 e. The van der Waals surface area contributed by atoms with Crippen molar-refractivity contribution in [1.82, 2.24) is 4.98 Å². The van der Waals surface area contributed by atoms with Gasteiger partial charge >= 0.3 is 5.69 Å². The van der Waals surface area contributed by atoms with Crippen molar-refractivity contribution in [2.24, 2.45) is 0 Å². The monoisotopic (exact) mass is 198 g/mol. The molecule has 70 valence electrons. The average Bonchev–Trinajstić information content (AvgIpc) is 2.01. The molecule has 1 aromatic heterocycles. The molecule has 0 atom stereocenters. The van der Waals surface area contributed by atoms with Crippen LogP contribution in [0.4, 0.5) is 5.69 Å². The topological polar surface area (TPSA) is 56.0 Å². The molecular weight excluding hydrogens is 188 g/mol. The average molecular weight is 198 g/mol. The van der Waals surface area contributed by atoms with Gasteiger partial charge in [-0.25, -0.2) is 0 Å². The summed E-state index contributed by atoms with van der Waals surface area (Å²) in [7, 11) is 0. The molecule has 0 unspecified atom stereocenters. The third kappa shape index (κ3) is 1.98. The highest BCUT2D eigenvalue weighted by molar-refractivity contribution is 7.98. The van der Waals surface area contributed by atoms with Gasteiger partial charge in [0.1, 0.15) is 5.69 Å². The van der Waals surface area contributed by atoms with Crippen LogP contribution in [0.5, 0.6) is 0 Å². The van der Waals surface area contributed by atoms with Gasteiger partial charge in [0.2, 0.25) is 0 Å². The van der Waals surface area contributed by atoms with Crippen molar-refractivity contribution in [2.45, 2.75) is 18.7 Å². The summed E-state index contributed by atoms with van der Waals surface area (Å²) >= 11 is 1.37. The zero-order valence-corrected chi connectivity index (χ0v) is 8.51. The molecule has 0 aliphatic rings. The van der Waals surface area contributed by atoms with E-state index in [1.807, 2.05) is 13.2 Å². The van der Waals surface area contributed by atoms with Gasteiger partial charge in [-0.3, -0.25) is 15.1 Å². The van der Waals surface area contributed by atoms with Gasteiger partial charge in [-0.15, -0.1) is 11.8 Å². The SMILES string of the molecule is CSc1cc(C)nc(C)c1[N+](=O)[O-]. The largest absolute Gasteiger partial charge is 0.303 e. The molecule has 0 radical (unpaired) electrons. The van der Waals surface area contributed by atoms with Crippen molar-refractivity contribution in [3.05, 3.63) is 27.6 Å². The minimum absolute atomic E-state index is 0.123. The van der Waals surface area contributed by atoms with Crippen molar-refractivity contribution in [3.8, 4) is 0 Å². The van der Waals surface area contributed by atoms with E-state index < -0.39 is 0 Å². The number of nitrogens with zero attached hydrogens (tertiary/aromatic N) is 2. The van der Waals surface area contributed by atoms with Gasteiger partial charge in [0.25, 0.3) is 0 Å². The highest BCUT2D eigenvalue weighted by Crippen LogP contribution is 2.29. The first-order valence-corrected chi connectivity index (χ1v) is 4.95. The van der Waals surface area contributed by atoms with E-state index in [1.165, 1.54) is 11.8 Å². The predicted molar refractivity (Wildman–Crippen MR) is 52.1 cm³/mol. The Morgan fingerprint density at radius 2 is 2.15 bits per heavy atom. The van der Waals surface area contributed by atoms with Crippen molar-refractivity contribution >= 4 is 17.4 Å². The fourth-order valence-corrected chi connectivity index (χ4v) is 1.87. The lowest BCUT2D eigenvalue weighted by Crippen LogP contribution is -1.98. The maximum absolute atomic E-state index is 10.7. The molecule has 0 bridgehead atoms. The maximum atomic E-state index is 10.7. The highest BCUT2D eigenvalue weighted by atomic mass is 32.2. The first-order chi connectivity index (χ1) is 6.06. The number of nitro groups is 1. The van der Waals surface area contributed by atoms with E-state index in [2.05, 4.69) is 4.98 Å². The molecule has 0 N–H and O–H groups in total. The fourth-order valence-electron chi connectivity index (χ4n) is 1.16. The van der Waals surface area contributed by atoms with Crippen LogP contribution in [-0.4, -0.2) is 16.2 Å². The van der Waals surface area contributed by atoms with Gasteiger partial charge in [-0.1, -0.05) is 0 Å². The Balaban J connectivity index is 3.38. The second-order valence-electron chi connectivity index (χ2n) is 2.66. The van der Waals surface area contributed by atoms with E-state index in [1.54, 1.807) is 13.0 Å². The number of thioether (sulfide) groups is 1. The van der Waals surface area contributed by atoms with Crippen LogP contribution in [0.25, 0.3) is 0 Å². The quantitative estimate of drug-likeness (QED) is 0.415. The number of aryl methyl sites for hydroxylation is 2. The van der Waals surface area contributed by atoms with Crippen LogP contribution in [0, 0.1) is 24.0 Å². The van der Waals surface area contributed by atoms with Gasteiger partial charge in [0.05, 0.1) is 9.82 Å². The molecule has 1 rings (SSSR count). The summed E-state index contributed by atoms with van der Waals surface area (Å²) in [6.07, 6.45) is 1.82. The summed E-state index contributed by atoms with van der Waals surface area (Å²) in [5.41, 5.74) is 1.42. The number of pyridine rings is 1. The van der Waals surface area contributed by atoms with E-state index in [9.17, 15) is 10.1 Å². The minimum atomic E-state index is -0.381. The molecule has 1 aromatic rings. The Morgan fingerprint density at radius 3 is 2.62 bits per heavy atom. The van der Waals surface area contributed by atoms with Gasteiger partial charge in [-0.2, -0.15) is 0 Å². The van der Waals surface area contributed by atoms with Gasteiger partial charge in [0.15, 0.2) is 0 Å². The Bertz CT molecular complexity index is 352. The first kappa shape index (κ1) is 9.98. The molecule has 5 heteroatoms. The highest BCUT2D eigenvalue weighted by Gasteiger charge is 2.18. The van der Waals surface area contributed by atoms with Crippen molar-refractivity contribution in [2.75, 3.05) is 6.26 Å². The van der Waals surface area contributed by atoms with Gasteiger partial charge in [0, 0.05) is 5.69 Å². The second-order valence-corrected chi connectivity index (χ2v) is 3.51. The van der Waals surface area contributed by atoms with Crippen LogP contribution in [0.15, 0.2) is 11.0 Å². The lowest BCUT2D eigenvalue weighted by Gasteiger charge is -2.02. The molecule has 13 heavy (non-hydrogen) atoms. The van der Waals surface area contributed by atoms with Crippen molar-refractivity contribution < 1.29 is 4.92 Å². The molecule has 0 aliphatic carbocycles. The Kier molecular flexibility index (Phi) is 2.87. The molecule has 0 saturated carbocycles. The molecule has 0 amide bonds. The number of aromatic nitrogens is 1. The summed E-state index contributed by atoms with van der Waals surface area (Å²) < 4.78 is 0. The first-order valence-electron chi connectivity index (χ1n) is 3.73. The number of hydrogen-bond donors (Lipinski definition) is 0. The smallest absolute Gasteiger partial charge is 0.258 e. The van der Waals surface area contributed by atoms with Crippen LogP contribution in [0.1, 0.15) is 11.4 Å². The Labute approximate surface area is 80.5 Å². The van der Waals surface area contributed by atoms with Crippen LogP contribution in [-0.2, 0) is 0 Å². The van der Waals surface area contributed by atoms with E-state index >= 15 is 0 Å². The standard InChI is InChI=1S/C8H10N2O2S/c1-5-4-7(13-3)8(10(11)12)6(2)9-5/h4H,1-3H3. The second kappa shape index (κ2) is 3.74. The Hall–Kier alpha value is -1.10. The van der Waals surface area contributed by atoms with Crippen molar-refractivity contribution in [3.63, 3.8) is 0 Å². The molecule has 4 nitrogen and oxygen atoms in total. The molecular formula is C8H10N2O2S. The van der Waals surface area contributed by atoms with Gasteiger partial charge in [-0.05, 0) is 26.2 Å². The van der Waals surface area contributed by atoms with Gasteiger partial charge < -0.3 is 0 Å². The minimum Gasteiger partial charge on any atom is -0.258 e. The summed E-state index contributed by atoms with van der Waals surface area (Å²) in [4.78, 5) is 15.0. The van der Waals surface area contributed by atoms with E-state index in [0.29, 0.717) is 10.6 Å². The predicted octanol–water partition coefficient (Wildman–Crippen LogP) is 2.33. The molecule has 0 spiro atoms. The summed E-state index contributed by atoms with van der Waals surface area (Å²) in [6.45, 7) is 3.49. The zero-order valence-electron chi connectivity index (χ0n) is 7.70. The fraction of sp³-hybridized carbons (Fsp3) is 0.375. The third-order valence-electron chi connectivity index (χ3n) is 1.66. The number of hydrogen-bond acceptors (Lipinski definition) is 4. The van der Waals surface area contributed by atoms with Crippen LogP contribution < -0.4 is 0 Å². The molecule has 1 heterocycles. The normalized spacial score (nSPS) is 10.1. The zero-order chi connectivity index (χ0) is 10.0. The van der Waals surface area contributed by atoms with Crippen LogP contribution in [0.2, 0.25) is 0 Å². The summed E-state index contributed by atoms with van der Waals surface area (Å²) in [5.74, 6) is 0. The summed E-state index contributed by atoms with van der Waals surface area (Å²) in [6, 6.07) is 1.73. The van der Waals surface area contributed by atoms with Crippen LogP contribution >= 0.6 is 11.8 Å². The lowest BCUT2D eigenvalue weighted by molar-refractivity contribution is -0.388. The lowest BCUT2D eigenvalue weighted by atomic mass is 10.3. The number of rotatable bonds is 2. The Morgan fingerprint density at radius 1 is 1.54 bits per heavy atom. The molecule has 0 fully saturated rings. The third-order valence-corrected chi connectivity index (χ3v) is 2.41. The summed E-state index contributed by atoms with van der Waals surface area (Å²) in [5, 5.41) is 10.7. The van der Waals surface area contributed by atoms with Crippen molar-refractivity contribution in [1.29, 1.82) is 0 Å². The van der Waals surface area contributed by atoms with E-state index in [-0.39, 0.29) is 10.6 Å². The molecule has 0 saturated heterocycles. The molecule has 0 aromatic carbocycles.